The number of hydrogen-bond acceptors (Lipinski definition) is 4. The van der Waals surface area contributed by atoms with Crippen molar-refractivity contribution in [2.75, 3.05) is 12.4 Å². The number of amides is 1. The van der Waals surface area contributed by atoms with Gasteiger partial charge in [0.2, 0.25) is 5.91 Å². The third-order valence-corrected chi connectivity index (χ3v) is 5.65. The van der Waals surface area contributed by atoms with Crippen LogP contribution in [0.1, 0.15) is 22.8 Å². The molecule has 0 bridgehead atoms. The van der Waals surface area contributed by atoms with Crippen molar-refractivity contribution in [2.24, 2.45) is 0 Å². The van der Waals surface area contributed by atoms with Gasteiger partial charge in [-0.3, -0.25) is 9.59 Å². The van der Waals surface area contributed by atoms with Crippen LogP contribution < -0.4 is 10.1 Å². The van der Waals surface area contributed by atoms with Crippen LogP contribution in [0.2, 0.25) is 5.02 Å². The van der Waals surface area contributed by atoms with Crippen LogP contribution in [0.3, 0.4) is 0 Å². The number of carboxylic acids is 1. The van der Waals surface area contributed by atoms with Crippen molar-refractivity contribution in [3.8, 4) is 5.75 Å². The fourth-order valence-corrected chi connectivity index (χ4v) is 4.31. The molecule has 2 N–H and O–H groups in total. The number of carbonyl (C=O) groups is 2. The molecule has 0 spiro atoms. The molecular formula is C18H16ClNO4S. The summed E-state index contributed by atoms with van der Waals surface area (Å²) in [4.78, 5) is 23.6. The number of aliphatic carboxylic acids is 1. The van der Waals surface area contributed by atoms with Gasteiger partial charge in [-0.1, -0.05) is 23.7 Å². The molecule has 130 valence electrons. The van der Waals surface area contributed by atoms with Crippen molar-refractivity contribution in [2.45, 2.75) is 16.9 Å². The lowest BCUT2D eigenvalue weighted by Crippen LogP contribution is -2.26. The Morgan fingerprint density at radius 2 is 2.12 bits per heavy atom. The number of carbonyl (C=O) groups excluding carboxylic acids is 1. The molecule has 3 rings (SSSR count). The zero-order valence-corrected chi connectivity index (χ0v) is 14.9. The van der Waals surface area contributed by atoms with Crippen LogP contribution in [0, 0.1) is 0 Å². The largest absolute Gasteiger partial charge is 0.497 e. The first-order valence-corrected chi connectivity index (χ1v) is 8.91. The second-order valence-corrected chi connectivity index (χ2v) is 7.35. The van der Waals surface area contributed by atoms with E-state index in [1.54, 1.807) is 25.3 Å². The molecule has 7 heteroatoms. The molecule has 0 saturated heterocycles. The highest BCUT2D eigenvalue weighted by atomic mass is 35.5. The van der Waals surface area contributed by atoms with Crippen LogP contribution in [0.5, 0.6) is 5.75 Å². The molecule has 1 aliphatic rings. The number of fused-ring (bicyclic) bond motifs is 1. The van der Waals surface area contributed by atoms with Gasteiger partial charge in [0, 0.05) is 10.7 Å². The van der Waals surface area contributed by atoms with Gasteiger partial charge in [-0.2, -0.15) is 0 Å². The summed E-state index contributed by atoms with van der Waals surface area (Å²) >= 11 is 7.46. The van der Waals surface area contributed by atoms with E-state index in [1.165, 1.54) is 11.8 Å². The first-order valence-electron chi connectivity index (χ1n) is 7.59. The Hall–Kier alpha value is -2.18. The Morgan fingerprint density at radius 3 is 2.84 bits per heavy atom. The Kier molecular flexibility index (Phi) is 5.20. The van der Waals surface area contributed by atoms with E-state index in [0.717, 1.165) is 11.1 Å². The zero-order chi connectivity index (χ0) is 18.0. The maximum Gasteiger partial charge on any atom is 0.305 e. The number of anilines is 1. The summed E-state index contributed by atoms with van der Waals surface area (Å²) in [6, 6.07) is 12.8. The smallest absolute Gasteiger partial charge is 0.305 e. The molecular weight excluding hydrogens is 362 g/mol. The number of carboxylic acid groups (broad SMARTS) is 1. The first-order chi connectivity index (χ1) is 12.0. The van der Waals surface area contributed by atoms with Crippen LogP contribution in [-0.4, -0.2) is 29.3 Å². The van der Waals surface area contributed by atoms with Gasteiger partial charge in [-0.25, -0.2) is 0 Å². The maximum atomic E-state index is 12.4. The number of rotatable bonds is 4. The van der Waals surface area contributed by atoms with Gasteiger partial charge in [0.25, 0.3) is 0 Å². The Labute approximate surface area is 154 Å². The summed E-state index contributed by atoms with van der Waals surface area (Å²) in [7, 11) is 1.59. The molecule has 1 amide bonds. The summed E-state index contributed by atoms with van der Waals surface area (Å²) in [5, 5.41) is 11.6. The zero-order valence-electron chi connectivity index (χ0n) is 13.4. The molecule has 0 fully saturated rings. The summed E-state index contributed by atoms with van der Waals surface area (Å²) in [5.41, 5.74) is 2.40. The van der Waals surface area contributed by atoms with Crippen LogP contribution in [-0.2, 0) is 9.59 Å². The molecule has 25 heavy (non-hydrogen) atoms. The van der Waals surface area contributed by atoms with Crippen molar-refractivity contribution in [1.82, 2.24) is 0 Å². The molecule has 0 radical (unpaired) electrons. The second kappa shape index (κ2) is 7.37. The molecule has 5 nitrogen and oxygen atoms in total. The molecule has 0 aliphatic carbocycles. The summed E-state index contributed by atoms with van der Waals surface area (Å²) in [5.74, 6) is -0.637. The van der Waals surface area contributed by atoms with Crippen LogP contribution in [0.25, 0.3) is 0 Å². The minimum atomic E-state index is -1.01. The summed E-state index contributed by atoms with van der Waals surface area (Å²) in [6.45, 7) is 0. The molecule has 0 unspecified atom stereocenters. The highest BCUT2D eigenvalue weighted by Gasteiger charge is 2.33. The third kappa shape index (κ3) is 3.91. The Balaban J connectivity index is 2.09. The number of thioether (sulfide) groups is 1. The Morgan fingerprint density at radius 1 is 1.32 bits per heavy atom. The van der Waals surface area contributed by atoms with Crippen molar-refractivity contribution in [3.05, 3.63) is 58.6 Å². The van der Waals surface area contributed by atoms with Crippen molar-refractivity contribution in [1.29, 1.82) is 0 Å². The topological polar surface area (TPSA) is 75.6 Å². The van der Waals surface area contributed by atoms with E-state index in [-0.39, 0.29) is 17.6 Å². The highest BCUT2D eigenvalue weighted by Crippen LogP contribution is 2.46. The van der Waals surface area contributed by atoms with Gasteiger partial charge >= 0.3 is 5.97 Å². The van der Waals surface area contributed by atoms with Crippen molar-refractivity contribution in [3.63, 3.8) is 0 Å². The van der Waals surface area contributed by atoms with E-state index >= 15 is 0 Å². The van der Waals surface area contributed by atoms with E-state index < -0.39 is 11.2 Å². The minimum Gasteiger partial charge on any atom is -0.497 e. The number of methoxy groups -OCH3 is 1. The molecule has 2 aromatic rings. The van der Waals surface area contributed by atoms with Gasteiger partial charge in [0.05, 0.1) is 24.0 Å². The van der Waals surface area contributed by atoms with Gasteiger partial charge in [-0.05, 0) is 41.5 Å². The minimum absolute atomic E-state index is 0.243. The number of hydrogen-bond donors (Lipinski definition) is 2. The van der Waals surface area contributed by atoms with E-state index in [0.29, 0.717) is 16.5 Å². The predicted molar refractivity (Wildman–Crippen MR) is 98.6 cm³/mol. The monoisotopic (exact) mass is 377 g/mol. The number of nitrogens with one attached hydrogen (secondary N) is 1. The third-order valence-electron chi connectivity index (χ3n) is 3.90. The normalized spacial score (nSPS) is 19.5. The lowest BCUT2D eigenvalue weighted by molar-refractivity contribution is -0.138. The second-order valence-electron chi connectivity index (χ2n) is 5.60. The van der Waals surface area contributed by atoms with Crippen LogP contribution in [0.4, 0.5) is 5.69 Å². The fraction of sp³-hybridized carbons (Fsp3) is 0.222. The van der Waals surface area contributed by atoms with Crippen LogP contribution in [0.15, 0.2) is 42.5 Å². The molecule has 2 atom stereocenters. The summed E-state index contributed by atoms with van der Waals surface area (Å²) in [6.07, 6.45) is -0.251. The van der Waals surface area contributed by atoms with Gasteiger partial charge in [-0.15, -0.1) is 11.8 Å². The van der Waals surface area contributed by atoms with E-state index in [2.05, 4.69) is 5.32 Å². The average molecular weight is 378 g/mol. The predicted octanol–water partition coefficient (Wildman–Crippen LogP) is 3.97. The van der Waals surface area contributed by atoms with Gasteiger partial charge < -0.3 is 15.2 Å². The van der Waals surface area contributed by atoms with E-state index in [9.17, 15) is 9.59 Å². The number of halogens is 1. The van der Waals surface area contributed by atoms with Crippen molar-refractivity contribution >= 4 is 40.9 Å². The van der Waals surface area contributed by atoms with E-state index in [4.69, 9.17) is 21.4 Å². The molecule has 1 aliphatic heterocycles. The molecule has 0 aromatic heterocycles. The Bertz CT molecular complexity index is 826. The van der Waals surface area contributed by atoms with Crippen molar-refractivity contribution < 1.29 is 19.4 Å². The first kappa shape index (κ1) is 17.6. The SMILES string of the molecule is COc1cccc([C@@H]2S[C@@H](CC(=O)O)C(=O)Nc3ccc(Cl)cc32)c1. The highest BCUT2D eigenvalue weighted by molar-refractivity contribution is 8.01. The maximum absolute atomic E-state index is 12.4. The standard InChI is InChI=1S/C18H16ClNO4S/c1-24-12-4-2-3-10(7-12)17-13-8-11(19)5-6-14(13)20-18(23)15(25-17)9-16(21)22/h2-8,15,17H,9H2,1H3,(H,20,23)(H,21,22)/t15-,17-/m0/s1. The average Bonchev–Trinajstić information content (AvgIpc) is 2.72. The van der Waals surface area contributed by atoms with E-state index in [1.807, 2.05) is 24.3 Å². The fourth-order valence-electron chi connectivity index (χ4n) is 2.74. The van der Waals surface area contributed by atoms with Crippen LogP contribution >= 0.6 is 23.4 Å². The number of benzene rings is 2. The quantitative estimate of drug-likeness (QED) is 0.843. The molecule has 1 heterocycles. The van der Waals surface area contributed by atoms with Gasteiger partial charge in [0.15, 0.2) is 0 Å². The molecule has 2 aromatic carbocycles. The summed E-state index contributed by atoms with van der Waals surface area (Å²) < 4.78 is 5.29. The lowest BCUT2D eigenvalue weighted by Gasteiger charge is -2.20. The van der Waals surface area contributed by atoms with Gasteiger partial charge in [0.1, 0.15) is 5.75 Å². The number of ether oxygens (including phenoxy) is 1. The lowest BCUT2D eigenvalue weighted by atomic mass is 10.0. The molecule has 0 saturated carbocycles.